The number of rotatable bonds is 4. The molecule has 0 aliphatic heterocycles. The molecule has 2 heteroatoms. The molecule has 0 fully saturated rings. The van der Waals surface area contributed by atoms with Crippen molar-refractivity contribution in [1.29, 1.82) is 0 Å². The minimum atomic E-state index is -0.999. The summed E-state index contributed by atoms with van der Waals surface area (Å²) in [5, 5.41) is 0. The van der Waals surface area contributed by atoms with Gasteiger partial charge >= 0.3 is 0 Å². The molecular weight excluding hydrogens is 240 g/mol. The fourth-order valence-corrected chi connectivity index (χ4v) is 3.15. The molecule has 2 rings (SSSR count). The van der Waals surface area contributed by atoms with Gasteiger partial charge in [-0.3, -0.25) is 4.21 Å². The predicted octanol–water partition coefficient (Wildman–Crippen LogP) is 4.00. The van der Waals surface area contributed by atoms with Gasteiger partial charge in [-0.25, -0.2) is 0 Å². The Morgan fingerprint density at radius 1 is 1.00 bits per heavy atom. The van der Waals surface area contributed by atoms with E-state index in [4.69, 9.17) is 0 Å². The Bertz CT molecular complexity index is 544. The van der Waals surface area contributed by atoms with Gasteiger partial charge in [-0.1, -0.05) is 66.7 Å². The molecule has 0 aromatic heterocycles. The molecule has 92 valence electrons. The normalized spacial score (nSPS) is 13.3. The highest BCUT2D eigenvalue weighted by atomic mass is 32.2. The van der Waals surface area contributed by atoms with Gasteiger partial charge in [0, 0.05) is 4.91 Å². The van der Waals surface area contributed by atoms with Gasteiger partial charge in [-0.2, -0.15) is 0 Å². The smallest absolute Gasteiger partial charge is 0.0576 e. The summed E-state index contributed by atoms with van der Waals surface area (Å²) in [5.74, 6) is 0.565. The summed E-state index contributed by atoms with van der Waals surface area (Å²) >= 11 is 0. The second kappa shape index (κ2) is 6.31. The van der Waals surface area contributed by atoms with Crippen LogP contribution < -0.4 is 0 Å². The minimum Gasteiger partial charge on any atom is -0.254 e. The SMILES string of the molecule is C/C=C(\c1ccccc1)[S@@](=O)Cc1ccccc1. The topological polar surface area (TPSA) is 17.1 Å². The van der Waals surface area contributed by atoms with Crippen molar-refractivity contribution in [3.63, 3.8) is 0 Å². The maximum Gasteiger partial charge on any atom is 0.0576 e. The zero-order chi connectivity index (χ0) is 12.8. The summed E-state index contributed by atoms with van der Waals surface area (Å²) < 4.78 is 12.4. The van der Waals surface area contributed by atoms with Crippen LogP contribution in [0.3, 0.4) is 0 Å². The summed E-state index contributed by atoms with van der Waals surface area (Å²) in [6, 6.07) is 19.9. The molecule has 0 spiro atoms. The van der Waals surface area contributed by atoms with Gasteiger partial charge in [-0.05, 0) is 18.1 Å². The van der Waals surface area contributed by atoms with Gasteiger partial charge < -0.3 is 0 Å². The van der Waals surface area contributed by atoms with Crippen LogP contribution in [0.4, 0.5) is 0 Å². The molecule has 18 heavy (non-hydrogen) atoms. The molecule has 0 aliphatic rings. The Labute approximate surface area is 111 Å². The first-order chi connectivity index (χ1) is 8.81. The van der Waals surface area contributed by atoms with Crippen LogP contribution in [0.25, 0.3) is 4.91 Å². The van der Waals surface area contributed by atoms with Crippen molar-refractivity contribution in [2.24, 2.45) is 0 Å². The minimum absolute atomic E-state index is 0.565. The summed E-state index contributed by atoms with van der Waals surface area (Å²) in [6.07, 6.45) is 1.94. The van der Waals surface area contributed by atoms with Crippen molar-refractivity contribution in [2.45, 2.75) is 12.7 Å². The third kappa shape index (κ3) is 3.17. The zero-order valence-corrected chi connectivity index (χ0v) is 11.2. The van der Waals surface area contributed by atoms with Crippen LogP contribution >= 0.6 is 0 Å². The van der Waals surface area contributed by atoms with Gasteiger partial charge in [0.15, 0.2) is 0 Å². The van der Waals surface area contributed by atoms with E-state index in [0.717, 1.165) is 16.0 Å². The molecule has 1 atom stereocenters. The van der Waals surface area contributed by atoms with E-state index in [1.807, 2.05) is 73.7 Å². The van der Waals surface area contributed by atoms with Crippen LogP contribution in [0.15, 0.2) is 66.7 Å². The van der Waals surface area contributed by atoms with Crippen molar-refractivity contribution in [2.75, 3.05) is 0 Å². The average Bonchev–Trinajstić information content (AvgIpc) is 2.42. The van der Waals surface area contributed by atoms with Crippen LogP contribution in [0.5, 0.6) is 0 Å². The first-order valence-electron chi connectivity index (χ1n) is 5.95. The monoisotopic (exact) mass is 256 g/mol. The fraction of sp³-hybridized carbons (Fsp3) is 0.125. The quantitative estimate of drug-likeness (QED) is 0.808. The average molecular weight is 256 g/mol. The van der Waals surface area contributed by atoms with Crippen LogP contribution in [0, 0.1) is 0 Å². The molecule has 1 nitrogen and oxygen atoms in total. The predicted molar refractivity (Wildman–Crippen MR) is 78.4 cm³/mol. The van der Waals surface area contributed by atoms with Crippen LogP contribution in [0.1, 0.15) is 18.1 Å². The second-order valence-electron chi connectivity index (χ2n) is 3.99. The standard InChI is InChI=1S/C16H16OS/c1-2-16(15-11-7-4-8-12-15)18(17)13-14-9-5-3-6-10-14/h2-12H,13H2,1H3/b16-2+/t18-/m0/s1. The molecular formula is C16H16OS. The lowest BCUT2D eigenvalue weighted by atomic mass is 10.2. The molecule has 0 saturated heterocycles. The lowest BCUT2D eigenvalue weighted by molar-refractivity contribution is 0.688. The van der Waals surface area contributed by atoms with E-state index >= 15 is 0 Å². The van der Waals surface area contributed by atoms with Gasteiger partial charge in [0.25, 0.3) is 0 Å². The van der Waals surface area contributed by atoms with Crippen molar-refractivity contribution in [3.05, 3.63) is 77.9 Å². The Kier molecular flexibility index (Phi) is 4.48. The van der Waals surface area contributed by atoms with Crippen LogP contribution in [-0.2, 0) is 16.6 Å². The van der Waals surface area contributed by atoms with E-state index in [1.165, 1.54) is 0 Å². The highest BCUT2D eigenvalue weighted by Crippen LogP contribution is 2.20. The number of allylic oxidation sites excluding steroid dienone is 1. The maximum absolute atomic E-state index is 12.4. The van der Waals surface area contributed by atoms with Crippen molar-refractivity contribution in [1.82, 2.24) is 0 Å². The molecule has 2 aromatic rings. The Morgan fingerprint density at radius 2 is 1.56 bits per heavy atom. The van der Waals surface area contributed by atoms with Crippen molar-refractivity contribution < 1.29 is 4.21 Å². The molecule has 0 saturated carbocycles. The van der Waals surface area contributed by atoms with Gasteiger partial charge in [0.2, 0.25) is 0 Å². The molecule has 0 unspecified atom stereocenters. The molecule has 0 amide bonds. The van der Waals surface area contributed by atoms with E-state index in [9.17, 15) is 4.21 Å². The molecule has 0 radical (unpaired) electrons. The Hall–Kier alpha value is -1.67. The van der Waals surface area contributed by atoms with Gasteiger partial charge in [-0.15, -0.1) is 0 Å². The fourth-order valence-electron chi connectivity index (χ4n) is 1.84. The summed E-state index contributed by atoms with van der Waals surface area (Å²) in [4.78, 5) is 0.902. The lowest BCUT2D eigenvalue weighted by Crippen LogP contribution is -1.98. The number of hydrogen-bond donors (Lipinski definition) is 0. The molecule has 2 aromatic carbocycles. The second-order valence-corrected chi connectivity index (χ2v) is 5.41. The van der Waals surface area contributed by atoms with Crippen LogP contribution in [-0.4, -0.2) is 4.21 Å². The number of benzene rings is 2. The van der Waals surface area contributed by atoms with Crippen LogP contribution in [0.2, 0.25) is 0 Å². The van der Waals surface area contributed by atoms with E-state index < -0.39 is 10.8 Å². The van der Waals surface area contributed by atoms with Crippen molar-refractivity contribution >= 4 is 15.7 Å². The number of hydrogen-bond acceptors (Lipinski definition) is 1. The van der Waals surface area contributed by atoms with E-state index in [1.54, 1.807) is 0 Å². The van der Waals surface area contributed by atoms with Gasteiger partial charge in [0.1, 0.15) is 0 Å². The van der Waals surface area contributed by atoms with E-state index in [0.29, 0.717) is 5.75 Å². The summed E-state index contributed by atoms with van der Waals surface area (Å²) in [7, 11) is -0.999. The highest BCUT2D eigenvalue weighted by Gasteiger charge is 2.09. The van der Waals surface area contributed by atoms with E-state index in [-0.39, 0.29) is 0 Å². The van der Waals surface area contributed by atoms with Crippen molar-refractivity contribution in [3.8, 4) is 0 Å². The summed E-state index contributed by atoms with van der Waals surface area (Å²) in [6.45, 7) is 1.94. The third-order valence-corrected chi connectivity index (χ3v) is 4.26. The zero-order valence-electron chi connectivity index (χ0n) is 10.4. The molecule has 0 N–H and O–H groups in total. The Balaban J connectivity index is 2.18. The highest BCUT2D eigenvalue weighted by molar-refractivity contribution is 7.93. The first kappa shape index (κ1) is 12.8. The first-order valence-corrected chi connectivity index (χ1v) is 7.27. The van der Waals surface area contributed by atoms with E-state index in [2.05, 4.69) is 0 Å². The molecule has 0 bridgehead atoms. The van der Waals surface area contributed by atoms with Gasteiger partial charge in [0.05, 0.1) is 16.6 Å². The largest absolute Gasteiger partial charge is 0.254 e. The lowest BCUT2D eigenvalue weighted by Gasteiger charge is -2.07. The maximum atomic E-state index is 12.4. The molecule has 0 heterocycles. The third-order valence-electron chi connectivity index (χ3n) is 2.71. The molecule has 0 aliphatic carbocycles. The Morgan fingerprint density at radius 3 is 2.11 bits per heavy atom. The summed E-state index contributed by atoms with van der Waals surface area (Å²) in [5.41, 5.74) is 2.14.